The second-order valence-electron chi connectivity index (χ2n) is 13.9. The zero-order valence-electron chi connectivity index (χ0n) is 21.7. The average Bonchev–Trinajstić information content (AvgIpc) is 3.40. The maximum atomic E-state index is 12.5. The lowest BCUT2D eigenvalue weighted by Gasteiger charge is -2.52. The summed E-state index contributed by atoms with van der Waals surface area (Å²) < 4.78 is 7.10. The normalized spacial score (nSPS) is 49.8. The molecule has 0 radical (unpaired) electrons. The second kappa shape index (κ2) is 7.37. The summed E-state index contributed by atoms with van der Waals surface area (Å²) in [5, 5.41) is 6.08. The standard InChI is InChI=1S/C30H44N2O2/c1-16-5-7-20-18(3)30(34-27(20)11-16)10-9-21-22-8-6-19-12-26-24(28(33)32-31-26)15-29(19,4)25(22)13-23(21)17(2)14-30/h16,18-22,25,27H,5-15H2,1-4H3,(H2,31,32,33)/t16-,18-,19-,20+,21+,22+,25+,27-,29+,30+/m1/s1. The number of allylic oxidation sites excluding steroid dienone is 1. The van der Waals surface area contributed by atoms with Gasteiger partial charge in [0.25, 0.3) is 5.56 Å². The van der Waals surface area contributed by atoms with E-state index in [2.05, 4.69) is 37.9 Å². The van der Waals surface area contributed by atoms with E-state index in [0.717, 1.165) is 48.0 Å². The van der Waals surface area contributed by atoms with E-state index in [0.29, 0.717) is 17.9 Å². The van der Waals surface area contributed by atoms with E-state index >= 15 is 0 Å². The third-order valence-electron chi connectivity index (χ3n) is 12.5. The summed E-state index contributed by atoms with van der Waals surface area (Å²) in [6, 6.07) is 0. The summed E-state index contributed by atoms with van der Waals surface area (Å²) in [6.45, 7) is 9.96. The van der Waals surface area contributed by atoms with E-state index in [1.807, 2.05) is 5.57 Å². The van der Waals surface area contributed by atoms with Gasteiger partial charge in [0.05, 0.1) is 11.7 Å². The first-order chi connectivity index (χ1) is 16.3. The number of rotatable bonds is 0. The van der Waals surface area contributed by atoms with Crippen molar-refractivity contribution in [1.29, 1.82) is 0 Å². The Kier molecular flexibility index (Phi) is 4.76. The highest BCUT2D eigenvalue weighted by Gasteiger charge is 2.59. The molecule has 0 aromatic carbocycles. The first-order valence-electron chi connectivity index (χ1n) is 14.4. The van der Waals surface area contributed by atoms with E-state index in [1.54, 1.807) is 5.57 Å². The van der Waals surface area contributed by atoms with Gasteiger partial charge in [-0.05, 0) is 118 Å². The van der Waals surface area contributed by atoms with Gasteiger partial charge < -0.3 is 9.84 Å². The quantitative estimate of drug-likeness (QED) is 0.450. The van der Waals surface area contributed by atoms with Gasteiger partial charge in [0.2, 0.25) is 0 Å². The molecule has 1 aromatic rings. The van der Waals surface area contributed by atoms with Gasteiger partial charge >= 0.3 is 0 Å². The lowest BCUT2D eigenvalue weighted by molar-refractivity contribution is -0.0750. The summed E-state index contributed by atoms with van der Waals surface area (Å²) in [6.07, 6.45) is 14.3. The molecular weight excluding hydrogens is 420 g/mol. The first-order valence-corrected chi connectivity index (χ1v) is 14.4. The highest BCUT2D eigenvalue weighted by molar-refractivity contribution is 5.32. The molecule has 5 aliphatic carbocycles. The Morgan fingerprint density at radius 3 is 2.65 bits per heavy atom. The Morgan fingerprint density at radius 1 is 0.971 bits per heavy atom. The van der Waals surface area contributed by atoms with Crippen LogP contribution >= 0.6 is 0 Å². The SMILES string of the molecule is CC1=C2C[C@H]3[C@@H](CC[C@@H]4Cc5[nH][nH]c(=O)c5C[C@@]43C)[C@@H]2CC[C@@]2(C1)O[C@@H]1C[C@H](C)CC[C@H]1[C@H]2C. The molecule has 3 saturated carbocycles. The van der Waals surface area contributed by atoms with Crippen LogP contribution < -0.4 is 5.56 Å². The number of hydrogen-bond donors (Lipinski definition) is 2. The number of aromatic amines is 2. The molecule has 4 fully saturated rings. The van der Waals surface area contributed by atoms with Crippen molar-refractivity contribution in [1.82, 2.24) is 10.2 Å². The number of hydrogen-bond acceptors (Lipinski definition) is 2. The molecule has 0 unspecified atom stereocenters. The summed E-state index contributed by atoms with van der Waals surface area (Å²) >= 11 is 0. The minimum atomic E-state index is 0.0928. The molecule has 4 heteroatoms. The fourth-order valence-corrected chi connectivity index (χ4v) is 10.5. The molecule has 0 amide bonds. The lowest BCUT2D eigenvalue weighted by atomic mass is 9.52. The number of ether oxygens (including phenoxy) is 1. The van der Waals surface area contributed by atoms with Crippen molar-refractivity contribution >= 4 is 0 Å². The predicted octanol–water partition coefficient (Wildman–Crippen LogP) is 6.18. The minimum absolute atomic E-state index is 0.0928. The van der Waals surface area contributed by atoms with Gasteiger partial charge in [-0.3, -0.25) is 9.89 Å². The Hall–Kier alpha value is -1.29. The molecule has 1 saturated heterocycles. The fourth-order valence-electron chi connectivity index (χ4n) is 10.5. The van der Waals surface area contributed by atoms with Crippen molar-refractivity contribution < 1.29 is 4.74 Å². The van der Waals surface area contributed by atoms with Gasteiger partial charge in [-0.2, -0.15) is 0 Å². The fraction of sp³-hybridized carbons (Fsp3) is 0.833. The molecule has 186 valence electrons. The van der Waals surface area contributed by atoms with Crippen LogP contribution in [-0.2, 0) is 17.6 Å². The van der Waals surface area contributed by atoms with Crippen LogP contribution in [0, 0.1) is 46.8 Å². The van der Waals surface area contributed by atoms with Crippen molar-refractivity contribution in [3.63, 3.8) is 0 Å². The van der Waals surface area contributed by atoms with Crippen LogP contribution in [0.4, 0.5) is 0 Å². The molecule has 7 rings (SSSR count). The summed E-state index contributed by atoms with van der Waals surface area (Å²) in [5.74, 6) is 5.32. The van der Waals surface area contributed by atoms with Gasteiger partial charge in [-0.15, -0.1) is 0 Å². The maximum Gasteiger partial charge on any atom is 0.267 e. The van der Waals surface area contributed by atoms with Crippen molar-refractivity contribution in [2.75, 3.05) is 0 Å². The Bertz CT molecular complexity index is 1080. The van der Waals surface area contributed by atoms with Crippen LogP contribution in [0.2, 0.25) is 0 Å². The number of aromatic nitrogens is 2. The smallest absolute Gasteiger partial charge is 0.267 e. The van der Waals surface area contributed by atoms with Gasteiger partial charge in [0.1, 0.15) is 0 Å². The Balaban J connectivity index is 1.19. The largest absolute Gasteiger partial charge is 0.371 e. The van der Waals surface area contributed by atoms with Gasteiger partial charge in [0.15, 0.2) is 0 Å². The van der Waals surface area contributed by atoms with Crippen LogP contribution in [-0.4, -0.2) is 21.9 Å². The molecule has 2 heterocycles. The number of fused-ring (bicyclic) bond motifs is 7. The molecule has 10 atom stereocenters. The van der Waals surface area contributed by atoms with E-state index in [1.165, 1.54) is 63.5 Å². The average molecular weight is 465 g/mol. The van der Waals surface area contributed by atoms with E-state index in [-0.39, 0.29) is 16.6 Å². The van der Waals surface area contributed by atoms with Crippen LogP contribution in [0.3, 0.4) is 0 Å². The first kappa shape index (κ1) is 21.9. The van der Waals surface area contributed by atoms with Crippen LogP contribution in [0.25, 0.3) is 0 Å². The van der Waals surface area contributed by atoms with Gasteiger partial charge in [0, 0.05) is 11.3 Å². The highest BCUT2D eigenvalue weighted by atomic mass is 16.5. The highest BCUT2D eigenvalue weighted by Crippen LogP contribution is 2.64. The summed E-state index contributed by atoms with van der Waals surface area (Å²) in [7, 11) is 0. The third kappa shape index (κ3) is 2.90. The molecule has 1 spiro atoms. The van der Waals surface area contributed by atoms with E-state index in [4.69, 9.17) is 4.74 Å². The molecule has 1 aromatic heterocycles. The summed E-state index contributed by atoms with van der Waals surface area (Å²) in [5.41, 5.74) is 6.22. The monoisotopic (exact) mass is 464 g/mol. The third-order valence-corrected chi connectivity index (χ3v) is 12.5. The zero-order chi connectivity index (χ0) is 23.4. The van der Waals surface area contributed by atoms with Crippen LogP contribution in [0.1, 0.15) is 96.7 Å². The molecule has 0 bridgehead atoms. The predicted molar refractivity (Wildman–Crippen MR) is 135 cm³/mol. The molecule has 4 nitrogen and oxygen atoms in total. The maximum absolute atomic E-state index is 12.5. The number of nitrogens with one attached hydrogen (secondary N) is 2. The topological polar surface area (TPSA) is 57.9 Å². The van der Waals surface area contributed by atoms with Crippen molar-refractivity contribution in [2.45, 2.75) is 110 Å². The summed E-state index contributed by atoms with van der Waals surface area (Å²) in [4.78, 5) is 12.5. The minimum Gasteiger partial charge on any atom is -0.371 e. The van der Waals surface area contributed by atoms with Gasteiger partial charge in [-0.1, -0.05) is 38.3 Å². The van der Waals surface area contributed by atoms with Crippen LogP contribution in [0.5, 0.6) is 0 Å². The van der Waals surface area contributed by atoms with E-state index < -0.39 is 0 Å². The Labute approximate surface area is 204 Å². The van der Waals surface area contributed by atoms with Gasteiger partial charge in [-0.25, -0.2) is 0 Å². The van der Waals surface area contributed by atoms with Crippen molar-refractivity contribution in [2.24, 2.45) is 46.8 Å². The molecule has 1 aliphatic heterocycles. The molecular formula is C30H44N2O2. The van der Waals surface area contributed by atoms with Crippen molar-refractivity contribution in [3.8, 4) is 0 Å². The number of H-pyrrole nitrogens is 2. The van der Waals surface area contributed by atoms with E-state index in [9.17, 15) is 4.79 Å². The zero-order valence-corrected chi connectivity index (χ0v) is 21.7. The Morgan fingerprint density at radius 2 is 1.79 bits per heavy atom. The lowest BCUT2D eigenvalue weighted by Crippen LogP contribution is -2.48. The van der Waals surface area contributed by atoms with Crippen molar-refractivity contribution in [3.05, 3.63) is 32.8 Å². The molecule has 2 N–H and O–H groups in total. The molecule has 34 heavy (non-hydrogen) atoms. The second-order valence-corrected chi connectivity index (χ2v) is 13.9. The van der Waals surface area contributed by atoms with Crippen LogP contribution in [0.15, 0.2) is 15.9 Å². The molecule has 6 aliphatic rings.